The van der Waals surface area contributed by atoms with Crippen molar-refractivity contribution in [1.29, 1.82) is 0 Å². The molecule has 0 spiro atoms. The van der Waals surface area contributed by atoms with Crippen molar-refractivity contribution < 1.29 is 62.5 Å². The van der Waals surface area contributed by atoms with E-state index in [1.807, 2.05) is 27.7 Å². The zero-order valence-corrected chi connectivity index (χ0v) is 45.7. The smallest absolute Gasteiger partial charge is 0.329 e. The number of nitrogens with one attached hydrogen (secondary N) is 4. The minimum absolute atomic E-state index is 0.0948. The van der Waals surface area contributed by atoms with Gasteiger partial charge < -0.3 is 50.0 Å². The Morgan fingerprint density at radius 3 is 2.15 bits per heavy atom. The van der Waals surface area contributed by atoms with Crippen LogP contribution in [0, 0.1) is 29.6 Å². The Hall–Kier alpha value is -5.89. The first kappa shape index (κ1) is 60.7. The number of methoxy groups -OCH3 is 1. The highest BCUT2D eigenvalue weighted by molar-refractivity contribution is 6.05. The molecule has 5 N–H and O–H groups in total. The average Bonchev–Trinajstić information content (AvgIpc) is 4.09. The van der Waals surface area contributed by atoms with Gasteiger partial charge in [0.25, 0.3) is 0 Å². The monoisotopic (exact) mass is 1040 g/mol. The van der Waals surface area contributed by atoms with Gasteiger partial charge in [-0.15, -0.1) is 0 Å². The second-order valence-electron chi connectivity index (χ2n) is 21.4. The van der Waals surface area contributed by atoms with Gasteiger partial charge in [0.1, 0.15) is 48.1 Å². The van der Waals surface area contributed by atoms with Crippen molar-refractivity contribution in [2.24, 2.45) is 29.6 Å². The molecule has 20 nitrogen and oxygen atoms in total. The van der Waals surface area contributed by atoms with E-state index in [4.69, 9.17) is 14.2 Å². The third-order valence-corrected chi connectivity index (χ3v) is 14.4. The number of hydrogen-bond acceptors (Lipinski definition) is 14. The molecular weight excluding hydrogens is 955 g/mol. The summed E-state index contributed by atoms with van der Waals surface area (Å²) in [6, 6.07) is -1.43. The first-order chi connectivity index (χ1) is 34.8. The molecule has 3 aliphatic heterocycles. The summed E-state index contributed by atoms with van der Waals surface area (Å²) in [4.78, 5) is 133. The van der Waals surface area contributed by atoms with E-state index < -0.39 is 132 Å². The lowest BCUT2D eigenvalue weighted by molar-refractivity contribution is -0.163. The van der Waals surface area contributed by atoms with Crippen LogP contribution in [0.15, 0.2) is 36.4 Å². The maximum absolute atomic E-state index is 14.9. The number of carbonyl (C=O) groups is 9. The molecule has 3 aliphatic rings. The maximum Gasteiger partial charge on any atom is 0.329 e. The van der Waals surface area contributed by atoms with Gasteiger partial charge in [0.2, 0.25) is 35.4 Å². The molecule has 0 unspecified atom stereocenters. The first-order valence-corrected chi connectivity index (χ1v) is 26.2. The van der Waals surface area contributed by atoms with Gasteiger partial charge in [0.05, 0.1) is 31.6 Å². The number of rotatable bonds is 14. The number of esters is 2. The van der Waals surface area contributed by atoms with E-state index in [-0.39, 0.29) is 50.0 Å². The summed E-state index contributed by atoms with van der Waals surface area (Å²) in [5.41, 5.74) is 0.599. The number of nitrogens with zero attached hydrogens (tertiary/aromatic N) is 3. The Bertz CT molecular complexity index is 2180. The van der Waals surface area contributed by atoms with Crippen molar-refractivity contribution in [2.45, 2.75) is 175 Å². The average molecular weight is 1040 g/mol. The zero-order chi connectivity index (χ0) is 55.3. The standard InChI is InChI=1S/C54H83N7O13/c1-14-32(8)44-42(62)28-43(63)74-47(31(6)7)46(64)33(9)48(65)56-38(25-29(2)3)52(69)61-24-16-18-39(61)53(70)60(12)41(27-35-19-21-36(72-13)22-20-35)54(71)73-34(10)45(50(67)57-44)58-49(66)40(26-30(4)5)59(11)51(68)37-17-15-23-55-37/h15,17,19-22,29-34,37-42,44-45,47,55,62H,14,16,18,23-28H2,1-13H3,(H,56,65)(H,57,67)(H,58,66)/t32-,33-,34+,37+,38-,39-,40+,41-,42-,44+,45-,47-/m0/s1. The number of Topliss-reactive ketones (excluding diaryl/α,β-unsaturated/α-hetero) is 1. The number of hydrogen-bond donors (Lipinski definition) is 5. The van der Waals surface area contributed by atoms with E-state index in [1.54, 1.807) is 64.1 Å². The Kier molecular flexibility index (Phi) is 22.6. The molecular formula is C54H83N7O13. The normalized spacial score (nSPS) is 28.1. The number of aliphatic hydroxyl groups excluding tert-OH is 1. The second-order valence-corrected chi connectivity index (χ2v) is 21.4. The lowest BCUT2D eigenvalue weighted by atomic mass is 9.91. The number of benzene rings is 1. The molecule has 6 amide bonds. The molecule has 4 rings (SSSR count). The summed E-state index contributed by atoms with van der Waals surface area (Å²) < 4.78 is 17.2. The fourth-order valence-corrected chi connectivity index (χ4v) is 9.61. The Balaban J connectivity index is 1.88. The number of ketones is 1. The van der Waals surface area contributed by atoms with Crippen LogP contribution >= 0.6 is 0 Å². The van der Waals surface area contributed by atoms with E-state index in [0.29, 0.717) is 30.7 Å². The van der Waals surface area contributed by atoms with E-state index in [1.165, 1.54) is 49.8 Å². The maximum atomic E-state index is 14.9. The number of amides is 6. The summed E-state index contributed by atoms with van der Waals surface area (Å²) in [7, 11) is 4.42. The predicted molar refractivity (Wildman–Crippen MR) is 275 cm³/mol. The van der Waals surface area contributed by atoms with Gasteiger partial charge in [-0.2, -0.15) is 0 Å². The summed E-state index contributed by atoms with van der Waals surface area (Å²) in [6.45, 7) is 17.6. The second kappa shape index (κ2) is 27.6. The highest BCUT2D eigenvalue weighted by atomic mass is 16.6. The Morgan fingerprint density at radius 1 is 0.919 bits per heavy atom. The van der Waals surface area contributed by atoms with E-state index >= 15 is 0 Å². The first-order valence-electron chi connectivity index (χ1n) is 26.2. The minimum atomic E-state index is -1.68. The van der Waals surface area contributed by atoms with Crippen molar-refractivity contribution in [1.82, 2.24) is 36.0 Å². The van der Waals surface area contributed by atoms with Crippen molar-refractivity contribution in [3.63, 3.8) is 0 Å². The van der Waals surface area contributed by atoms with E-state index in [9.17, 15) is 48.3 Å². The molecule has 74 heavy (non-hydrogen) atoms. The Morgan fingerprint density at radius 2 is 1.58 bits per heavy atom. The minimum Gasteiger partial charge on any atom is -0.497 e. The van der Waals surface area contributed by atoms with Crippen LogP contribution in [0.5, 0.6) is 5.75 Å². The molecule has 0 aromatic heterocycles. The molecule has 20 heteroatoms. The lowest BCUT2D eigenvalue weighted by Crippen LogP contribution is -2.62. The van der Waals surface area contributed by atoms with Crippen molar-refractivity contribution in [3.8, 4) is 5.75 Å². The van der Waals surface area contributed by atoms with Crippen LogP contribution in [0.4, 0.5) is 0 Å². The number of carbonyl (C=O) groups excluding carboxylic acids is 9. The Labute approximate surface area is 436 Å². The van der Waals surface area contributed by atoms with Crippen LogP contribution in [0.3, 0.4) is 0 Å². The molecule has 0 radical (unpaired) electrons. The van der Waals surface area contributed by atoms with Gasteiger partial charge in [0.15, 0.2) is 11.9 Å². The number of fused-ring (bicyclic) bond motifs is 1. The third kappa shape index (κ3) is 15.8. The molecule has 3 heterocycles. The highest BCUT2D eigenvalue weighted by Crippen LogP contribution is 2.26. The summed E-state index contributed by atoms with van der Waals surface area (Å²) in [5.74, 6) is -8.89. The number of ether oxygens (including phenoxy) is 3. The van der Waals surface area contributed by atoms with Crippen LogP contribution < -0.4 is 26.0 Å². The van der Waals surface area contributed by atoms with Gasteiger partial charge in [-0.05, 0) is 80.9 Å². The quantitative estimate of drug-likeness (QED) is 0.102. The van der Waals surface area contributed by atoms with E-state index in [0.717, 1.165) is 0 Å². The molecule has 1 aromatic rings. The van der Waals surface area contributed by atoms with E-state index in [2.05, 4.69) is 21.3 Å². The predicted octanol–water partition coefficient (Wildman–Crippen LogP) is 2.47. The molecule has 412 valence electrons. The molecule has 0 saturated carbocycles. The van der Waals surface area contributed by atoms with Crippen LogP contribution in [0.1, 0.15) is 113 Å². The third-order valence-electron chi connectivity index (χ3n) is 14.4. The van der Waals surface area contributed by atoms with Gasteiger partial charge in [-0.25, -0.2) is 4.79 Å². The molecule has 0 aliphatic carbocycles. The lowest BCUT2D eigenvalue weighted by Gasteiger charge is -2.36. The SMILES string of the molecule is CC[C@H](C)[C@H]1NC(=O)[C@@H](NC(=O)[C@@H](CC(C)C)N(C)C(=O)[C@H]2C=CCN2)[C@@H](C)OC(=O)[C@H](Cc2ccc(OC)cc2)N(C)C(=O)[C@@H]2CCCN2C(=O)[C@H](CC(C)C)NC(=O)[C@@H](C)C(=O)[C@H](C(C)C)OC(=O)C[C@@H]1O. The number of likely N-dealkylation sites (N-methyl/N-ethyl adjacent to an activating group) is 2. The van der Waals surface area contributed by atoms with Crippen LogP contribution in [0.2, 0.25) is 0 Å². The van der Waals surface area contributed by atoms with Crippen molar-refractivity contribution in [2.75, 3.05) is 34.3 Å². The summed E-state index contributed by atoms with van der Waals surface area (Å²) in [5, 5.41) is 23.2. The van der Waals surface area contributed by atoms with Gasteiger partial charge in [-0.3, -0.25) is 43.7 Å². The fourth-order valence-electron chi connectivity index (χ4n) is 9.61. The largest absolute Gasteiger partial charge is 0.497 e. The summed E-state index contributed by atoms with van der Waals surface area (Å²) in [6.07, 6.45) is -0.439. The zero-order valence-electron chi connectivity index (χ0n) is 45.7. The number of cyclic esters (lactones) is 2. The molecule has 1 aromatic carbocycles. The molecule has 12 atom stereocenters. The van der Waals surface area contributed by atoms with Crippen LogP contribution in [0.25, 0.3) is 0 Å². The van der Waals surface area contributed by atoms with Gasteiger partial charge in [0, 0.05) is 33.6 Å². The van der Waals surface area contributed by atoms with Gasteiger partial charge in [-0.1, -0.05) is 86.1 Å². The molecule has 2 saturated heterocycles. The molecule has 0 bridgehead atoms. The van der Waals surface area contributed by atoms with Crippen molar-refractivity contribution in [3.05, 3.63) is 42.0 Å². The topological polar surface area (TPSA) is 259 Å². The number of aliphatic hydroxyl groups is 1. The van der Waals surface area contributed by atoms with Gasteiger partial charge >= 0.3 is 11.9 Å². The fraction of sp³-hybridized carbons (Fsp3) is 0.685. The van der Waals surface area contributed by atoms with Crippen LogP contribution in [-0.2, 0) is 59.0 Å². The van der Waals surface area contributed by atoms with Crippen molar-refractivity contribution >= 4 is 53.2 Å². The van der Waals surface area contributed by atoms with Crippen LogP contribution in [-0.4, -0.2) is 168 Å². The molecule has 2 fully saturated rings. The highest BCUT2D eigenvalue weighted by Gasteiger charge is 2.45. The summed E-state index contributed by atoms with van der Waals surface area (Å²) >= 11 is 0.